The summed E-state index contributed by atoms with van der Waals surface area (Å²) in [6.07, 6.45) is 0. The number of fused-ring (bicyclic) bond motifs is 1. The maximum Gasteiger partial charge on any atom is 0.245 e. The maximum atomic E-state index is 13.3. The molecule has 34 heavy (non-hydrogen) atoms. The molecular formula is C24H34ClN5O4. The number of benzene rings is 1. The number of halogens is 1. The zero-order valence-corrected chi connectivity index (χ0v) is 21.7. The standard InChI is InChI=1S/C24H33N5O4.ClH/c1-8-32-22-16(3)15(2)21-26-28(23(25-7)29(21)27-22)14-20(31)17-11-18(24(4,5)6)13-19(12-17)33-10-9-30;/h11-13,30H,8-10,14H2,1-7H3;1H. The van der Waals surface area contributed by atoms with Crippen LogP contribution in [0.3, 0.4) is 0 Å². The van der Waals surface area contributed by atoms with Gasteiger partial charge in [-0.1, -0.05) is 20.8 Å². The Morgan fingerprint density at radius 1 is 1.12 bits per heavy atom. The van der Waals surface area contributed by atoms with Crippen LogP contribution in [-0.2, 0) is 12.0 Å². The van der Waals surface area contributed by atoms with Crippen LogP contribution in [0.1, 0.15) is 54.7 Å². The van der Waals surface area contributed by atoms with Crippen molar-refractivity contribution in [1.82, 2.24) is 19.4 Å². The number of aliphatic hydroxyl groups excluding tert-OH is 1. The lowest BCUT2D eigenvalue weighted by Crippen LogP contribution is -2.28. The number of Topliss-reactive ketones (excluding diaryl/α,β-unsaturated/α-hetero) is 1. The van der Waals surface area contributed by atoms with Crippen LogP contribution in [0.15, 0.2) is 23.2 Å². The van der Waals surface area contributed by atoms with Gasteiger partial charge in [-0.25, -0.2) is 4.68 Å². The predicted octanol–water partition coefficient (Wildman–Crippen LogP) is 3.05. The number of hydrogen-bond acceptors (Lipinski definition) is 7. The van der Waals surface area contributed by atoms with E-state index in [1.165, 1.54) is 0 Å². The summed E-state index contributed by atoms with van der Waals surface area (Å²) in [5, 5.41) is 18.3. The van der Waals surface area contributed by atoms with Crippen molar-refractivity contribution in [3.05, 3.63) is 46.1 Å². The molecular weight excluding hydrogens is 458 g/mol. The molecule has 0 unspecified atom stereocenters. The molecule has 0 fully saturated rings. The van der Waals surface area contributed by atoms with Crippen molar-refractivity contribution in [3.63, 3.8) is 0 Å². The molecule has 3 rings (SSSR count). The van der Waals surface area contributed by atoms with E-state index in [0.717, 1.165) is 16.7 Å². The Hall–Kier alpha value is -2.91. The number of aryl methyl sites for hydroxylation is 1. The Morgan fingerprint density at radius 3 is 2.41 bits per heavy atom. The Labute approximate surface area is 205 Å². The van der Waals surface area contributed by atoms with E-state index in [0.29, 0.717) is 35.1 Å². The van der Waals surface area contributed by atoms with Gasteiger partial charge in [0.25, 0.3) is 0 Å². The number of aliphatic hydroxyl groups is 1. The average Bonchev–Trinajstić information content (AvgIpc) is 3.12. The van der Waals surface area contributed by atoms with Crippen molar-refractivity contribution >= 4 is 23.8 Å². The first kappa shape index (κ1) is 27.3. The quantitative estimate of drug-likeness (QED) is 0.486. The Kier molecular flexibility index (Phi) is 8.85. The van der Waals surface area contributed by atoms with E-state index in [1.54, 1.807) is 22.3 Å². The average molecular weight is 492 g/mol. The van der Waals surface area contributed by atoms with E-state index in [2.05, 4.69) is 36.0 Å². The van der Waals surface area contributed by atoms with Crippen LogP contribution in [0.2, 0.25) is 0 Å². The third kappa shape index (κ3) is 5.59. The molecule has 0 atom stereocenters. The van der Waals surface area contributed by atoms with E-state index in [4.69, 9.17) is 14.6 Å². The molecule has 0 bridgehead atoms. The molecule has 10 heteroatoms. The summed E-state index contributed by atoms with van der Waals surface area (Å²) < 4.78 is 14.5. The summed E-state index contributed by atoms with van der Waals surface area (Å²) >= 11 is 0. The molecule has 0 aliphatic heterocycles. The minimum atomic E-state index is -0.179. The molecule has 9 nitrogen and oxygen atoms in total. The second-order valence-electron chi connectivity index (χ2n) is 8.90. The molecule has 2 aromatic heterocycles. The van der Waals surface area contributed by atoms with Crippen molar-refractivity contribution in [1.29, 1.82) is 0 Å². The zero-order valence-electron chi connectivity index (χ0n) is 20.9. The number of ketones is 1. The molecule has 0 aliphatic rings. The third-order valence-electron chi connectivity index (χ3n) is 5.47. The number of nitrogens with zero attached hydrogens (tertiary/aromatic N) is 5. The number of carbonyl (C=O) groups is 1. The monoisotopic (exact) mass is 491 g/mol. The van der Waals surface area contributed by atoms with E-state index in [1.807, 2.05) is 32.9 Å². The highest BCUT2D eigenvalue weighted by Crippen LogP contribution is 2.28. The van der Waals surface area contributed by atoms with Gasteiger partial charge in [0.15, 0.2) is 11.4 Å². The van der Waals surface area contributed by atoms with Crippen LogP contribution in [-0.4, -0.2) is 57.2 Å². The molecule has 0 saturated carbocycles. The summed E-state index contributed by atoms with van der Waals surface area (Å²) in [5.74, 6) is 0.939. The third-order valence-corrected chi connectivity index (χ3v) is 5.47. The highest BCUT2D eigenvalue weighted by atomic mass is 35.5. The van der Waals surface area contributed by atoms with Gasteiger partial charge in [-0.2, -0.15) is 4.52 Å². The predicted molar refractivity (Wildman–Crippen MR) is 132 cm³/mol. The highest BCUT2D eigenvalue weighted by Gasteiger charge is 2.20. The second kappa shape index (κ2) is 11.0. The molecule has 0 radical (unpaired) electrons. The zero-order chi connectivity index (χ0) is 24.3. The van der Waals surface area contributed by atoms with Crippen molar-refractivity contribution < 1.29 is 19.4 Å². The van der Waals surface area contributed by atoms with E-state index < -0.39 is 0 Å². The van der Waals surface area contributed by atoms with Crippen LogP contribution in [0.4, 0.5) is 0 Å². The molecule has 0 saturated heterocycles. The van der Waals surface area contributed by atoms with Gasteiger partial charge in [-0.05, 0) is 49.9 Å². The van der Waals surface area contributed by atoms with Crippen molar-refractivity contribution in [2.75, 3.05) is 26.9 Å². The van der Waals surface area contributed by atoms with Crippen molar-refractivity contribution in [2.45, 2.75) is 53.5 Å². The highest BCUT2D eigenvalue weighted by molar-refractivity contribution is 5.96. The molecule has 0 amide bonds. The van der Waals surface area contributed by atoms with Gasteiger partial charge in [0.2, 0.25) is 11.5 Å². The fraction of sp³-hybridized carbons (Fsp3) is 0.500. The van der Waals surface area contributed by atoms with Crippen LogP contribution in [0.25, 0.3) is 5.65 Å². The van der Waals surface area contributed by atoms with Gasteiger partial charge in [0, 0.05) is 23.7 Å². The molecule has 0 spiro atoms. The maximum absolute atomic E-state index is 13.3. The summed E-state index contributed by atoms with van der Waals surface area (Å²) in [5.41, 5.74) is 4.19. The topological polar surface area (TPSA) is 103 Å². The summed E-state index contributed by atoms with van der Waals surface area (Å²) in [7, 11) is 1.64. The SMILES string of the molecule is CCOc1nn2c(=NC)n(CC(=O)c3cc(OCCO)cc(C(C)(C)C)c3)nc2c(C)c1C.Cl. The Bertz CT molecular complexity index is 1240. The van der Waals surface area contributed by atoms with Gasteiger partial charge in [0.05, 0.1) is 13.2 Å². The first-order valence-electron chi connectivity index (χ1n) is 11.1. The lowest BCUT2D eigenvalue weighted by molar-refractivity contribution is 0.0965. The fourth-order valence-corrected chi connectivity index (χ4v) is 3.48. The van der Waals surface area contributed by atoms with Gasteiger partial charge in [0.1, 0.15) is 18.9 Å². The van der Waals surface area contributed by atoms with Crippen LogP contribution in [0.5, 0.6) is 11.6 Å². The molecule has 1 aromatic carbocycles. The fourth-order valence-electron chi connectivity index (χ4n) is 3.48. The van der Waals surface area contributed by atoms with Gasteiger partial charge < -0.3 is 14.6 Å². The van der Waals surface area contributed by atoms with Gasteiger partial charge >= 0.3 is 0 Å². The van der Waals surface area contributed by atoms with E-state index >= 15 is 0 Å². The van der Waals surface area contributed by atoms with Gasteiger partial charge in [-0.3, -0.25) is 9.79 Å². The lowest BCUT2D eigenvalue weighted by atomic mass is 9.85. The van der Waals surface area contributed by atoms with Gasteiger partial charge in [-0.15, -0.1) is 22.6 Å². The first-order chi connectivity index (χ1) is 15.6. The van der Waals surface area contributed by atoms with Crippen molar-refractivity contribution in [2.24, 2.45) is 4.99 Å². The Morgan fingerprint density at radius 2 is 1.82 bits per heavy atom. The molecule has 1 N–H and O–H groups in total. The van der Waals surface area contributed by atoms with E-state index in [-0.39, 0.29) is 43.4 Å². The number of aromatic nitrogens is 4. The van der Waals surface area contributed by atoms with Crippen LogP contribution < -0.4 is 15.1 Å². The molecule has 2 heterocycles. The number of rotatable bonds is 8. The first-order valence-corrected chi connectivity index (χ1v) is 11.1. The van der Waals surface area contributed by atoms with E-state index in [9.17, 15) is 4.79 Å². The largest absolute Gasteiger partial charge is 0.491 e. The van der Waals surface area contributed by atoms with Crippen LogP contribution >= 0.6 is 12.4 Å². The minimum Gasteiger partial charge on any atom is -0.491 e. The van der Waals surface area contributed by atoms with Crippen LogP contribution in [0, 0.1) is 13.8 Å². The smallest absolute Gasteiger partial charge is 0.245 e. The van der Waals surface area contributed by atoms with Crippen molar-refractivity contribution in [3.8, 4) is 11.6 Å². The lowest BCUT2D eigenvalue weighted by Gasteiger charge is -2.21. The summed E-state index contributed by atoms with van der Waals surface area (Å²) in [6.45, 7) is 12.6. The summed E-state index contributed by atoms with van der Waals surface area (Å²) in [4.78, 5) is 17.7. The molecule has 0 aliphatic carbocycles. The molecule has 3 aromatic rings. The number of carbonyl (C=O) groups excluding carboxylic acids is 1. The second-order valence-corrected chi connectivity index (χ2v) is 8.90. The number of hydrogen-bond donors (Lipinski definition) is 1. The minimum absolute atomic E-state index is 0. The number of ether oxygens (including phenoxy) is 2. The normalized spacial score (nSPS) is 12.1. The Balaban J connectivity index is 0.00000408. The molecule has 186 valence electrons. The summed E-state index contributed by atoms with van der Waals surface area (Å²) in [6, 6.07) is 5.49.